The summed E-state index contributed by atoms with van der Waals surface area (Å²) in [5.41, 5.74) is 2.11. The fraction of sp³-hybridized carbons (Fsp3) is 0.571. The summed E-state index contributed by atoms with van der Waals surface area (Å²) in [5, 5.41) is 10.1. The van der Waals surface area contributed by atoms with Crippen LogP contribution in [0.4, 0.5) is 0 Å². The van der Waals surface area contributed by atoms with Crippen LogP contribution in [0.5, 0.6) is 0 Å². The summed E-state index contributed by atoms with van der Waals surface area (Å²) < 4.78 is 0. The first-order chi connectivity index (χ1) is 9.69. The molecule has 2 aromatic heterocycles. The number of aromatic amines is 2. The van der Waals surface area contributed by atoms with E-state index in [1.807, 2.05) is 6.20 Å². The monoisotopic (exact) mass is 276 g/mol. The number of nitrogens with one attached hydrogen (secondary N) is 2. The summed E-state index contributed by atoms with van der Waals surface area (Å²) in [6, 6.07) is 0. The van der Waals surface area contributed by atoms with E-state index in [9.17, 15) is 9.90 Å². The van der Waals surface area contributed by atoms with Crippen LogP contribution in [-0.4, -0.2) is 44.2 Å². The highest BCUT2D eigenvalue weighted by Gasteiger charge is 2.30. The van der Waals surface area contributed by atoms with Crippen LogP contribution >= 0.6 is 0 Å². The van der Waals surface area contributed by atoms with E-state index in [0.29, 0.717) is 24.5 Å². The van der Waals surface area contributed by atoms with Gasteiger partial charge in [0.15, 0.2) is 0 Å². The van der Waals surface area contributed by atoms with Gasteiger partial charge in [-0.1, -0.05) is 13.3 Å². The Morgan fingerprint density at radius 3 is 3.10 bits per heavy atom. The molecule has 1 aliphatic rings. The molecule has 0 amide bonds. The first-order valence-corrected chi connectivity index (χ1v) is 7.13. The van der Waals surface area contributed by atoms with E-state index in [4.69, 9.17) is 0 Å². The molecule has 0 bridgehead atoms. The SMILES string of the molecule is CCCC1CN(Cc2c[nH]c3c(=O)[nH]cnc23)CC1O. The van der Waals surface area contributed by atoms with E-state index in [1.54, 1.807) is 0 Å². The summed E-state index contributed by atoms with van der Waals surface area (Å²) in [4.78, 5) is 23.7. The number of β-amino-alcohol motifs (C(OH)–C–C–N with tert-alkyl or cyclic N) is 1. The lowest BCUT2D eigenvalue weighted by atomic mass is 10.0. The van der Waals surface area contributed by atoms with E-state index in [-0.39, 0.29) is 11.7 Å². The van der Waals surface area contributed by atoms with Gasteiger partial charge in [0.05, 0.1) is 17.9 Å². The molecular formula is C14H20N4O2. The summed E-state index contributed by atoms with van der Waals surface area (Å²) in [5.74, 6) is 0.363. The number of nitrogens with zero attached hydrogens (tertiary/aromatic N) is 2. The topological polar surface area (TPSA) is 85.0 Å². The lowest BCUT2D eigenvalue weighted by Crippen LogP contribution is -2.21. The highest BCUT2D eigenvalue weighted by atomic mass is 16.3. The minimum absolute atomic E-state index is 0.147. The van der Waals surface area contributed by atoms with Gasteiger partial charge in [0, 0.05) is 31.4 Å². The first-order valence-electron chi connectivity index (χ1n) is 7.13. The molecular weight excluding hydrogens is 256 g/mol. The number of rotatable bonds is 4. The van der Waals surface area contributed by atoms with Crippen molar-refractivity contribution in [3.8, 4) is 0 Å². The van der Waals surface area contributed by atoms with Gasteiger partial charge in [0.25, 0.3) is 5.56 Å². The largest absolute Gasteiger partial charge is 0.391 e. The molecule has 20 heavy (non-hydrogen) atoms. The molecule has 2 aromatic rings. The Kier molecular flexibility index (Phi) is 3.58. The molecule has 2 unspecified atom stereocenters. The van der Waals surface area contributed by atoms with Gasteiger partial charge in [-0.05, 0) is 12.3 Å². The number of fused-ring (bicyclic) bond motifs is 1. The van der Waals surface area contributed by atoms with Crippen molar-refractivity contribution < 1.29 is 5.11 Å². The molecule has 1 aliphatic heterocycles. The third-order valence-electron chi connectivity index (χ3n) is 4.08. The highest BCUT2D eigenvalue weighted by Crippen LogP contribution is 2.24. The maximum Gasteiger partial charge on any atom is 0.275 e. The van der Waals surface area contributed by atoms with E-state index < -0.39 is 0 Å². The van der Waals surface area contributed by atoms with Crippen molar-refractivity contribution in [1.82, 2.24) is 19.9 Å². The predicted octanol–water partition coefficient (Wildman–Crippen LogP) is 0.844. The molecule has 2 atom stereocenters. The van der Waals surface area contributed by atoms with Crippen LogP contribution in [0.15, 0.2) is 17.3 Å². The molecule has 108 valence electrons. The Labute approximate surface area is 116 Å². The lowest BCUT2D eigenvalue weighted by Gasteiger charge is -2.14. The zero-order valence-corrected chi connectivity index (χ0v) is 11.6. The predicted molar refractivity (Wildman–Crippen MR) is 76.4 cm³/mol. The first kappa shape index (κ1) is 13.3. The molecule has 0 radical (unpaired) electrons. The van der Waals surface area contributed by atoms with Crippen LogP contribution in [-0.2, 0) is 6.54 Å². The van der Waals surface area contributed by atoms with E-state index in [2.05, 4.69) is 26.8 Å². The number of likely N-dealkylation sites (tertiary alicyclic amines) is 1. The Balaban J connectivity index is 1.78. The zero-order chi connectivity index (χ0) is 14.1. The van der Waals surface area contributed by atoms with Crippen LogP contribution < -0.4 is 5.56 Å². The zero-order valence-electron chi connectivity index (χ0n) is 11.6. The molecule has 6 nitrogen and oxygen atoms in total. The van der Waals surface area contributed by atoms with Gasteiger partial charge in [0.1, 0.15) is 5.52 Å². The van der Waals surface area contributed by atoms with Crippen molar-refractivity contribution in [1.29, 1.82) is 0 Å². The van der Waals surface area contributed by atoms with Crippen molar-refractivity contribution in [2.75, 3.05) is 13.1 Å². The lowest BCUT2D eigenvalue weighted by molar-refractivity contribution is 0.137. The van der Waals surface area contributed by atoms with Gasteiger partial charge < -0.3 is 15.1 Å². The summed E-state index contributed by atoms with van der Waals surface area (Å²) in [7, 11) is 0. The molecule has 3 N–H and O–H groups in total. The normalized spacial score (nSPS) is 23.7. The third kappa shape index (κ3) is 2.36. The minimum Gasteiger partial charge on any atom is -0.391 e. The van der Waals surface area contributed by atoms with Crippen LogP contribution in [0.2, 0.25) is 0 Å². The second kappa shape index (κ2) is 5.38. The molecule has 0 saturated carbocycles. The fourth-order valence-electron chi connectivity index (χ4n) is 3.09. The molecule has 0 spiro atoms. The van der Waals surface area contributed by atoms with E-state index >= 15 is 0 Å². The van der Waals surface area contributed by atoms with Crippen molar-refractivity contribution in [2.45, 2.75) is 32.4 Å². The van der Waals surface area contributed by atoms with Gasteiger partial charge in [-0.3, -0.25) is 9.69 Å². The molecule has 6 heteroatoms. The summed E-state index contributed by atoms with van der Waals surface area (Å²) >= 11 is 0. The van der Waals surface area contributed by atoms with Crippen LogP contribution in [0.25, 0.3) is 11.0 Å². The molecule has 1 fully saturated rings. The van der Waals surface area contributed by atoms with E-state index in [0.717, 1.165) is 30.5 Å². The summed E-state index contributed by atoms with van der Waals surface area (Å²) in [6.07, 6.45) is 5.19. The van der Waals surface area contributed by atoms with E-state index in [1.165, 1.54) is 6.33 Å². The maximum atomic E-state index is 11.6. The number of hydrogen-bond donors (Lipinski definition) is 3. The number of H-pyrrole nitrogens is 2. The quantitative estimate of drug-likeness (QED) is 0.772. The Morgan fingerprint density at radius 1 is 1.45 bits per heavy atom. The Hall–Kier alpha value is -1.66. The molecule has 1 saturated heterocycles. The molecule has 3 heterocycles. The van der Waals surface area contributed by atoms with Gasteiger partial charge >= 0.3 is 0 Å². The van der Waals surface area contributed by atoms with Gasteiger partial charge in [-0.25, -0.2) is 4.98 Å². The summed E-state index contributed by atoms with van der Waals surface area (Å²) in [6.45, 7) is 4.46. The van der Waals surface area contributed by atoms with Crippen LogP contribution in [0.1, 0.15) is 25.3 Å². The van der Waals surface area contributed by atoms with Gasteiger partial charge in [0.2, 0.25) is 0 Å². The Bertz CT molecular complexity index is 648. The van der Waals surface area contributed by atoms with Crippen molar-refractivity contribution in [3.63, 3.8) is 0 Å². The average molecular weight is 276 g/mol. The van der Waals surface area contributed by atoms with Crippen molar-refractivity contribution in [2.24, 2.45) is 5.92 Å². The number of hydrogen-bond acceptors (Lipinski definition) is 4. The Morgan fingerprint density at radius 2 is 2.30 bits per heavy atom. The smallest absolute Gasteiger partial charge is 0.275 e. The standard InChI is InChI=1S/C14H20N4O2/c1-2-3-9-5-18(7-11(9)19)6-10-4-15-13-12(10)16-8-17-14(13)20/h4,8-9,11,15,19H,2-3,5-7H2,1H3,(H,16,17,20). The third-order valence-corrected chi connectivity index (χ3v) is 4.08. The fourth-order valence-corrected chi connectivity index (χ4v) is 3.09. The molecule has 0 aromatic carbocycles. The molecule has 3 rings (SSSR count). The average Bonchev–Trinajstić information content (AvgIpc) is 2.97. The number of aromatic nitrogens is 3. The maximum absolute atomic E-state index is 11.6. The van der Waals surface area contributed by atoms with Gasteiger partial charge in [-0.2, -0.15) is 0 Å². The number of aliphatic hydroxyl groups excluding tert-OH is 1. The second-order valence-electron chi connectivity index (χ2n) is 5.58. The molecule has 0 aliphatic carbocycles. The second-order valence-corrected chi connectivity index (χ2v) is 5.58. The highest BCUT2D eigenvalue weighted by molar-refractivity contribution is 5.77. The number of aliphatic hydroxyl groups is 1. The van der Waals surface area contributed by atoms with Crippen LogP contribution in [0, 0.1) is 5.92 Å². The van der Waals surface area contributed by atoms with Gasteiger partial charge in [-0.15, -0.1) is 0 Å². The van der Waals surface area contributed by atoms with Crippen LogP contribution in [0.3, 0.4) is 0 Å². The van der Waals surface area contributed by atoms with Crippen molar-refractivity contribution >= 4 is 11.0 Å². The van der Waals surface area contributed by atoms with Crippen molar-refractivity contribution in [3.05, 3.63) is 28.4 Å². The minimum atomic E-state index is -0.239.